The van der Waals surface area contributed by atoms with E-state index in [1.54, 1.807) is 0 Å². The maximum absolute atomic E-state index is 5.96. The minimum Gasteiger partial charge on any atom is -0.490 e. The van der Waals surface area contributed by atoms with E-state index in [1.165, 1.54) is 0 Å². The van der Waals surface area contributed by atoms with E-state index in [9.17, 15) is 0 Å². The van der Waals surface area contributed by atoms with Crippen LogP contribution >= 0.6 is 0 Å². The lowest BCUT2D eigenvalue weighted by Gasteiger charge is -2.13. The lowest BCUT2D eigenvalue weighted by atomic mass is 10.2. The smallest absolute Gasteiger partial charge is 0.169 e. The monoisotopic (exact) mass is 271 g/mol. The fraction of sp³-hybridized carbons (Fsp3) is 0.294. The summed E-state index contributed by atoms with van der Waals surface area (Å²) in [4.78, 5) is 0. The van der Waals surface area contributed by atoms with Crippen molar-refractivity contribution in [2.75, 3.05) is 20.2 Å². The second-order valence-electron chi connectivity index (χ2n) is 4.62. The molecule has 2 aromatic carbocycles. The number of hydrogen-bond donors (Lipinski definition) is 1. The van der Waals surface area contributed by atoms with E-state index in [0.717, 1.165) is 35.8 Å². The van der Waals surface area contributed by atoms with Gasteiger partial charge in [0.1, 0.15) is 5.75 Å². The number of aryl methyl sites for hydroxylation is 1. The van der Waals surface area contributed by atoms with E-state index < -0.39 is 0 Å². The zero-order valence-electron chi connectivity index (χ0n) is 12.1. The van der Waals surface area contributed by atoms with Crippen molar-refractivity contribution in [1.82, 2.24) is 5.32 Å². The molecule has 0 radical (unpaired) electrons. The molecule has 0 aliphatic rings. The van der Waals surface area contributed by atoms with E-state index in [2.05, 4.69) is 5.32 Å². The molecule has 0 aromatic heterocycles. The molecule has 0 heterocycles. The van der Waals surface area contributed by atoms with Crippen molar-refractivity contribution in [3.8, 4) is 17.2 Å². The van der Waals surface area contributed by atoms with Gasteiger partial charge in [-0.1, -0.05) is 30.3 Å². The molecule has 0 aliphatic carbocycles. The second kappa shape index (κ2) is 7.56. The van der Waals surface area contributed by atoms with Gasteiger partial charge < -0.3 is 14.8 Å². The van der Waals surface area contributed by atoms with Crippen LogP contribution in [0, 0.1) is 6.92 Å². The summed E-state index contributed by atoms with van der Waals surface area (Å²) in [5.74, 6) is 2.40. The van der Waals surface area contributed by atoms with Crippen LogP contribution in [0.25, 0.3) is 0 Å². The first kappa shape index (κ1) is 14.4. The van der Waals surface area contributed by atoms with Crippen molar-refractivity contribution < 1.29 is 9.47 Å². The number of para-hydroxylation sites is 3. The molecule has 0 fully saturated rings. The average Bonchev–Trinajstić information content (AvgIpc) is 2.47. The summed E-state index contributed by atoms with van der Waals surface area (Å²) in [6.07, 6.45) is 0.967. The van der Waals surface area contributed by atoms with Crippen molar-refractivity contribution in [1.29, 1.82) is 0 Å². The Hall–Kier alpha value is -2.00. The molecule has 0 amide bonds. The molecule has 0 saturated heterocycles. The zero-order valence-corrected chi connectivity index (χ0v) is 12.1. The Kier molecular flexibility index (Phi) is 5.44. The summed E-state index contributed by atoms with van der Waals surface area (Å²) in [5, 5.41) is 3.10. The highest BCUT2D eigenvalue weighted by Gasteiger charge is 2.06. The van der Waals surface area contributed by atoms with Crippen LogP contribution in [-0.4, -0.2) is 20.2 Å². The zero-order chi connectivity index (χ0) is 14.2. The maximum Gasteiger partial charge on any atom is 0.169 e. The summed E-state index contributed by atoms with van der Waals surface area (Å²) in [5.41, 5.74) is 1.11. The molecule has 0 unspecified atom stereocenters. The van der Waals surface area contributed by atoms with Gasteiger partial charge in [-0.25, -0.2) is 0 Å². The molecule has 0 saturated carbocycles. The highest BCUT2D eigenvalue weighted by Crippen LogP contribution is 2.32. The largest absolute Gasteiger partial charge is 0.490 e. The van der Waals surface area contributed by atoms with Crippen LogP contribution in [0.1, 0.15) is 12.0 Å². The van der Waals surface area contributed by atoms with Crippen LogP contribution in [0.15, 0.2) is 48.5 Å². The summed E-state index contributed by atoms with van der Waals surface area (Å²) in [7, 11) is 1.94. The minimum absolute atomic E-state index is 0.676. The molecular formula is C17H21NO2. The second-order valence-corrected chi connectivity index (χ2v) is 4.62. The fourth-order valence-electron chi connectivity index (χ4n) is 1.87. The van der Waals surface area contributed by atoms with Gasteiger partial charge in [-0.05, 0) is 50.7 Å². The standard InChI is InChI=1S/C17H21NO2/c1-14-8-3-4-9-15(14)20-17-11-6-5-10-16(17)19-13-7-12-18-2/h3-6,8-11,18H,7,12-13H2,1-2H3. The van der Waals surface area contributed by atoms with Crippen molar-refractivity contribution in [3.63, 3.8) is 0 Å². The molecule has 20 heavy (non-hydrogen) atoms. The van der Waals surface area contributed by atoms with Crippen molar-refractivity contribution in [2.45, 2.75) is 13.3 Å². The predicted molar refractivity (Wildman–Crippen MR) is 81.7 cm³/mol. The van der Waals surface area contributed by atoms with Crippen LogP contribution in [0.5, 0.6) is 17.2 Å². The van der Waals surface area contributed by atoms with Gasteiger partial charge in [0.25, 0.3) is 0 Å². The third-order valence-corrected chi connectivity index (χ3v) is 2.99. The highest BCUT2D eigenvalue weighted by molar-refractivity contribution is 5.44. The molecule has 0 bridgehead atoms. The van der Waals surface area contributed by atoms with E-state index in [4.69, 9.17) is 9.47 Å². The van der Waals surface area contributed by atoms with Gasteiger partial charge in [0.15, 0.2) is 11.5 Å². The van der Waals surface area contributed by atoms with Crippen LogP contribution in [-0.2, 0) is 0 Å². The van der Waals surface area contributed by atoms with Gasteiger partial charge in [0, 0.05) is 0 Å². The number of ether oxygens (including phenoxy) is 2. The Bertz CT molecular complexity index is 540. The molecule has 3 nitrogen and oxygen atoms in total. The van der Waals surface area contributed by atoms with Crippen molar-refractivity contribution in [2.24, 2.45) is 0 Å². The van der Waals surface area contributed by atoms with Gasteiger partial charge in [0.05, 0.1) is 6.61 Å². The lowest BCUT2D eigenvalue weighted by molar-refractivity contribution is 0.295. The number of benzene rings is 2. The first-order chi connectivity index (χ1) is 9.81. The van der Waals surface area contributed by atoms with Crippen molar-refractivity contribution in [3.05, 3.63) is 54.1 Å². The quantitative estimate of drug-likeness (QED) is 0.777. The first-order valence-electron chi connectivity index (χ1n) is 6.91. The molecule has 0 aliphatic heterocycles. The fourth-order valence-corrected chi connectivity index (χ4v) is 1.87. The predicted octanol–water partition coefficient (Wildman–Crippen LogP) is 3.78. The van der Waals surface area contributed by atoms with Gasteiger partial charge in [-0.15, -0.1) is 0 Å². The molecule has 1 N–H and O–H groups in total. The van der Waals surface area contributed by atoms with Gasteiger partial charge in [0.2, 0.25) is 0 Å². The van der Waals surface area contributed by atoms with Gasteiger partial charge in [-0.2, -0.15) is 0 Å². The third-order valence-electron chi connectivity index (χ3n) is 2.99. The van der Waals surface area contributed by atoms with E-state index >= 15 is 0 Å². The number of nitrogens with one attached hydrogen (secondary N) is 1. The van der Waals surface area contributed by atoms with E-state index in [-0.39, 0.29) is 0 Å². The Labute approximate surface area is 120 Å². The van der Waals surface area contributed by atoms with E-state index in [1.807, 2.05) is 62.5 Å². The lowest BCUT2D eigenvalue weighted by Crippen LogP contribution is -2.11. The molecule has 0 spiro atoms. The Balaban J connectivity index is 2.06. The molecular weight excluding hydrogens is 250 g/mol. The Morgan fingerprint density at radius 1 is 0.900 bits per heavy atom. The topological polar surface area (TPSA) is 30.5 Å². The van der Waals surface area contributed by atoms with Crippen LogP contribution in [0.2, 0.25) is 0 Å². The molecule has 2 aromatic rings. The minimum atomic E-state index is 0.676. The summed E-state index contributed by atoms with van der Waals surface area (Å²) in [6.45, 7) is 3.65. The Morgan fingerprint density at radius 3 is 2.25 bits per heavy atom. The van der Waals surface area contributed by atoms with Gasteiger partial charge in [-0.3, -0.25) is 0 Å². The number of hydrogen-bond acceptors (Lipinski definition) is 3. The summed E-state index contributed by atoms with van der Waals surface area (Å²) < 4.78 is 11.7. The summed E-state index contributed by atoms with van der Waals surface area (Å²) >= 11 is 0. The summed E-state index contributed by atoms with van der Waals surface area (Å²) in [6, 6.07) is 15.7. The maximum atomic E-state index is 5.96. The van der Waals surface area contributed by atoms with Gasteiger partial charge >= 0.3 is 0 Å². The highest BCUT2D eigenvalue weighted by atomic mass is 16.5. The molecule has 2 rings (SSSR count). The van der Waals surface area contributed by atoms with E-state index in [0.29, 0.717) is 6.61 Å². The molecule has 3 heteroatoms. The first-order valence-corrected chi connectivity index (χ1v) is 6.91. The normalized spacial score (nSPS) is 10.3. The van der Waals surface area contributed by atoms with Crippen LogP contribution in [0.3, 0.4) is 0 Å². The van der Waals surface area contributed by atoms with Crippen LogP contribution < -0.4 is 14.8 Å². The van der Waals surface area contributed by atoms with Crippen LogP contribution in [0.4, 0.5) is 0 Å². The SMILES string of the molecule is CNCCCOc1ccccc1Oc1ccccc1C. The van der Waals surface area contributed by atoms with Crippen molar-refractivity contribution >= 4 is 0 Å². The number of rotatable bonds is 7. The Morgan fingerprint density at radius 2 is 1.55 bits per heavy atom. The molecule has 0 atom stereocenters. The average molecular weight is 271 g/mol. The molecule has 106 valence electrons. The third kappa shape index (κ3) is 4.00.